The number of nitrogens with one attached hydrogen (secondary N) is 1. The van der Waals surface area contributed by atoms with Gasteiger partial charge in [-0.3, -0.25) is 14.5 Å². The summed E-state index contributed by atoms with van der Waals surface area (Å²) in [7, 11) is 0. The molecule has 124 valence electrons. The van der Waals surface area contributed by atoms with E-state index in [1.807, 2.05) is 29.0 Å². The molecule has 3 heterocycles. The lowest BCUT2D eigenvalue weighted by Gasteiger charge is -2.02. The Morgan fingerprint density at radius 1 is 1.24 bits per heavy atom. The van der Waals surface area contributed by atoms with Crippen molar-refractivity contribution in [3.63, 3.8) is 0 Å². The van der Waals surface area contributed by atoms with E-state index in [1.54, 1.807) is 18.3 Å². The number of aryl methyl sites for hydroxylation is 1. The molecule has 0 amide bonds. The molecule has 0 atom stereocenters. The topological polar surface area (TPSA) is 98.2 Å². The Morgan fingerprint density at radius 3 is 2.80 bits per heavy atom. The highest BCUT2D eigenvalue weighted by Gasteiger charge is 2.14. The van der Waals surface area contributed by atoms with Crippen LogP contribution in [0.2, 0.25) is 0 Å². The first-order valence-electron chi connectivity index (χ1n) is 7.39. The molecule has 0 aliphatic heterocycles. The summed E-state index contributed by atoms with van der Waals surface area (Å²) in [6.07, 6.45) is 3.61. The van der Waals surface area contributed by atoms with Crippen molar-refractivity contribution in [2.75, 3.05) is 5.32 Å². The molecule has 3 aromatic heterocycles. The Hall–Kier alpha value is -3.33. The predicted octanol–water partition coefficient (Wildman–Crippen LogP) is 3.81. The minimum Gasteiger partial charge on any atom is -0.332 e. The van der Waals surface area contributed by atoms with Crippen molar-refractivity contribution >= 4 is 33.6 Å². The van der Waals surface area contributed by atoms with Crippen molar-refractivity contribution in [2.24, 2.45) is 0 Å². The van der Waals surface area contributed by atoms with Crippen molar-refractivity contribution in [1.82, 2.24) is 19.4 Å². The second kappa shape index (κ2) is 5.95. The summed E-state index contributed by atoms with van der Waals surface area (Å²) in [5.41, 5.74) is 3.34. The average Bonchev–Trinajstić information content (AvgIpc) is 3.18. The van der Waals surface area contributed by atoms with Crippen LogP contribution < -0.4 is 5.32 Å². The number of nitro groups is 1. The van der Waals surface area contributed by atoms with Crippen LogP contribution >= 0.6 is 11.3 Å². The zero-order valence-corrected chi connectivity index (χ0v) is 13.9. The lowest BCUT2D eigenvalue weighted by Crippen LogP contribution is -1.93. The molecule has 8 nitrogen and oxygen atoms in total. The van der Waals surface area contributed by atoms with Gasteiger partial charge in [0, 0.05) is 35.6 Å². The number of nitro benzene ring substituents is 1. The quantitative estimate of drug-likeness (QED) is 0.443. The first-order chi connectivity index (χ1) is 12.1. The minimum absolute atomic E-state index is 0.0548. The summed E-state index contributed by atoms with van der Waals surface area (Å²) in [4.78, 5) is 23.6. The largest absolute Gasteiger partial charge is 0.332 e. The standard InChI is InChI=1S/C16H12N6O2S/c1-10-14(21-8-2-7-17-15(21)18-10)13-9-25-16(20-13)19-11-3-5-12(6-4-11)22(23)24/h2-9H,1H3,(H,19,20). The summed E-state index contributed by atoms with van der Waals surface area (Å²) in [6, 6.07) is 8.07. The fourth-order valence-electron chi connectivity index (χ4n) is 2.54. The van der Waals surface area contributed by atoms with Gasteiger partial charge in [-0.2, -0.15) is 0 Å². The number of hydrogen-bond donors (Lipinski definition) is 1. The fourth-order valence-corrected chi connectivity index (χ4v) is 3.25. The van der Waals surface area contributed by atoms with Gasteiger partial charge in [-0.25, -0.2) is 15.0 Å². The van der Waals surface area contributed by atoms with Crippen LogP contribution in [0.25, 0.3) is 17.2 Å². The van der Waals surface area contributed by atoms with E-state index in [4.69, 9.17) is 0 Å². The van der Waals surface area contributed by atoms with Crippen LogP contribution in [0.15, 0.2) is 48.1 Å². The summed E-state index contributed by atoms with van der Waals surface area (Å²) in [6.45, 7) is 1.92. The average molecular weight is 352 g/mol. The van der Waals surface area contributed by atoms with E-state index in [1.165, 1.54) is 23.5 Å². The van der Waals surface area contributed by atoms with Crippen LogP contribution in [0.5, 0.6) is 0 Å². The number of aromatic nitrogens is 4. The lowest BCUT2D eigenvalue weighted by atomic mass is 10.3. The first-order valence-corrected chi connectivity index (χ1v) is 8.27. The van der Waals surface area contributed by atoms with Crippen molar-refractivity contribution in [3.05, 3.63) is 63.9 Å². The van der Waals surface area contributed by atoms with Crippen LogP contribution in [-0.4, -0.2) is 24.3 Å². The number of imidazole rings is 1. The molecule has 4 rings (SSSR count). The molecule has 0 saturated heterocycles. The molecule has 0 unspecified atom stereocenters. The van der Waals surface area contributed by atoms with Gasteiger partial charge in [-0.1, -0.05) is 0 Å². The van der Waals surface area contributed by atoms with Crippen molar-refractivity contribution < 1.29 is 4.92 Å². The Balaban J connectivity index is 1.63. The van der Waals surface area contributed by atoms with Gasteiger partial charge in [0.1, 0.15) is 5.69 Å². The number of anilines is 2. The molecule has 0 fully saturated rings. The highest BCUT2D eigenvalue weighted by molar-refractivity contribution is 7.14. The monoisotopic (exact) mass is 352 g/mol. The maximum atomic E-state index is 10.7. The lowest BCUT2D eigenvalue weighted by molar-refractivity contribution is -0.384. The second-order valence-electron chi connectivity index (χ2n) is 5.30. The summed E-state index contributed by atoms with van der Waals surface area (Å²) < 4.78 is 1.90. The van der Waals surface area contributed by atoms with Gasteiger partial charge in [0.25, 0.3) is 5.69 Å². The van der Waals surface area contributed by atoms with Crippen LogP contribution in [0, 0.1) is 17.0 Å². The molecular weight excluding hydrogens is 340 g/mol. The van der Waals surface area contributed by atoms with Crippen LogP contribution in [0.1, 0.15) is 5.69 Å². The van der Waals surface area contributed by atoms with E-state index in [0.29, 0.717) is 10.9 Å². The van der Waals surface area contributed by atoms with E-state index in [0.717, 1.165) is 22.8 Å². The second-order valence-corrected chi connectivity index (χ2v) is 6.16. The molecule has 0 aliphatic rings. The van der Waals surface area contributed by atoms with Gasteiger partial charge < -0.3 is 5.32 Å². The molecule has 0 aliphatic carbocycles. The number of benzene rings is 1. The Labute approximate surface area is 146 Å². The van der Waals surface area contributed by atoms with E-state index < -0.39 is 4.92 Å². The molecule has 0 spiro atoms. The van der Waals surface area contributed by atoms with Crippen molar-refractivity contribution in [1.29, 1.82) is 0 Å². The highest BCUT2D eigenvalue weighted by Crippen LogP contribution is 2.29. The predicted molar refractivity (Wildman–Crippen MR) is 95.2 cm³/mol. The Kier molecular flexibility index (Phi) is 3.62. The van der Waals surface area contributed by atoms with Gasteiger partial charge in [0.05, 0.1) is 16.3 Å². The minimum atomic E-state index is -0.424. The molecule has 25 heavy (non-hydrogen) atoms. The summed E-state index contributed by atoms with van der Waals surface area (Å²) in [5.74, 6) is 0.632. The van der Waals surface area contributed by atoms with Gasteiger partial charge in [-0.15, -0.1) is 11.3 Å². The molecule has 0 radical (unpaired) electrons. The van der Waals surface area contributed by atoms with Crippen LogP contribution in [0.3, 0.4) is 0 Å². The van der Waals surface area contributed by atoms with Gasteiger partial charge >= 0.3 is 0 Å². The third kappa shape index (κ3) is 2.81. The first kappa shape index (κ1) is 15.2. The summed E-state index contributed by atoms with van der Waals surface area (Å²) >= 11 is 1.45. The van der Waals surface area contributed by atoms with Gasteiger partial charge in [0.15, 0.2) is 5.13 Å². The van der Waals surface area contributed by atoms with E-state index in [-0.39, 0.29) is 5.69 Å². The SMILES string of the molecule is Cc1nc2ncccn2c1-c1csc(Nc2ccc([N+](=O)[O-])cc2)n1. The number of fused-ring (bicyclic) bond motifs is 1. The summed E-state index contributed by atoms with van der Waals surface area (Å²) in [5, 5.41) is 16.5. The smallest absolute Gasteiger partial charge is 0.269 e. The normalized spacial score (nSPS) is 10.9. The Bertz CT molecular complexity index is 1070. The van der Waals surface area contributed by atoms with E-state index >= 15 is 0 Å². The van der Waals surface area contributed by atoms with Crippen LogP contribution in [-0.2, 0) is 0 Å². The molecular formula is C16H12N6O2S. The molecule has 1 N–H and O–H groups in total. The van der Waals surface area contributed by atoms with Gasteiger partial charge in [0.2, 0.25) is 5.78 Å². The molecule has 9 heteroatoms. The van der Waals surface area contributed by atoms with Crippen molar-refractivity contribution in [2.45, 2.75) is 6.92 Å². The number of non-ortho nitro benzene ring substituents is 1. The van der Waals surface area contributed by atoms with Gasteiger partial charge in [-0.05, 0) is 25.1 Å². The zero-order valence-electron chi connectivity index (χ0n) is 13.1. The third-order valence-corrected chi connectivity index (χ3v) is 4.41. The third-order valence-electron chi connectivity index (χ3n) is 3.65. The number of hydrogen-bond acceptors (Lipinski definition) is 7. The van der Waals surface area contributed by atoms with Crippen molar-refractivity contribution in [3.8, 4) is 11.4 Å². The maximum absolute atomic E-state index is 10.7. The number of nitrogens with zero attached hydrogens (tertiary/aromatic N) is 5. The number of thiazole rings is 1. The number of rotatable bonds is 4. The molecule has 1 aromatic carbocycles. The molecule has 0 bridgehead atoms. The van der Waals surface area contributed by atoms with E-state index in [9.17, 15) is 10.1 Å². The molecule has 4 aromatic rings. The Morgan fingerprint density at radius 2 is 2.04 bits per heavy atom. The highest BCUT2D eigenvalue weighted by atomic mass is 32.1. The molecule has 0 saturated carbocycles. The fraction of sp³-hybridized carbons (Fsp3) is 0.0625. The maximum Gasteiger partial charge on any atom is 0.269 e. The van der Waals surface area contributed by atoms with E-state index in [2.05, 4.69) is 20.3 Å². The zero-order chi connectivity index (χ0) is 17.4. The van der Waals surface area contributed by atoms with Crippen LogP contribution in [0.4, 0.5) is 16.5 Å².